The first-order valence-electron chi connectivity index (χ1n) is 7.98. The lowest BCUT2D eigenvalue weighted by Crippen LogP contribution is -2.33. The first-order chi connectivity index (χ1) is 11.6. The number of carbonyl (C=O) groups is 2. The maximum atomic E-state index is 12.4. The molecule has 0 heterocycles. The molecular formula is C19H19NO4. The van der Waals surface area contributed by atoms with Crippen LogP contribution in [0.4, 0.5) is 0 Å². The van der Waals surface area contributed by atoms with Gasteiger partial charge < -0.3 is 15.2 Å². The van der Waals surface area contributed by atoms with Crippen LogP contribution in [0.5, 0.6) is 11.5 Å². The average molecular weight is 325 g/mol. The van der Waals surface area contributed by atoms with Gasteiger partial charge in [0.25, 0.3) is 5.91 Å². The van der Waals surface area contributed by atoms with Gasteiger partial charge in [0.2, 0.25) is 0 Å². The zero-order valence-corrected chi connectivity index (χ0v) is 13.1. The third kappa shape index (κ3) is 3.93. The van der Waals surface area contributed by atoms with Gasteiger partial charge in [0, 0.05) is 11.6 Å². The number of hydrogen-bond donors (Lipinski definition) is 2. The summed E-state index contributed by atoms with van der Waals surface area (Å²) in [5, 5.41) is 11.9. The summed E-state index contributed by atoms with van der Waals surface area (Å²) in [5.41, 5.74) is 0.502. The number of nitrogens with one attached hydrogen (secondary N) is 1. The predicted octanol–water partition coefficient (Wildman–Crippen LogP) is 3.46. The van der Waals surface area contributed by atoms with Crippen LogP contribution in [-0.4, -0.2) is 23.0 Å². The van der Waals surface area contributed by atoms with E-state index >= 15 is 0 Å². The van der Waals surface area contributed by atoms with Crippen LogP contribution >= 0.6 is 0 Å². The number of ether oxygens (including phenoxy) is 1. The van der Waals surface area contributed by atoms with Gasteiger partial charge in [0.1, 0.15) is 11.5 Å². The minimum absolute atomic E-state index is 0.0858. The van der Waals surface area contributed by atoms with Crippen LogP contribution in [0.2, 0.25) is 0 Å². The van der Waals surface area contributed by atoms with E-state index in [1.807, 2.05) is 30.3 Å². The normalized spacial score (nSPS) is 19.7. The molecule has 5 nitrogen and oxygen atoms in total. The Morgan fingerprint density at radius 3 is 2.46 bits per heavy atom. The second kappa shape index (κ2) is 7.17. The highest BCUT2D eigenvalue weighted by Gasteiger charge is 2.30. The van der Waals surface area contributed by atoms with Crippen molar-refractivity contribution in [2.75, 3.05) is 0 Å². The SMILES string of the molecule is O=C(N[C@@H]1CC[C@H](C(=O)O)C1)c1cccc(Oc2ccccc2)c1. The molecule has 2 aromatic rings. The molecule has 1 fully saturated rings. The van der Waals surface area contributed by atoms with Crippen molar-refractivity contribution in [3.8, 4) is 11.5 Å². The quantitative estimate of drug-likeness (QED) is 0.882. The maximum absolute atomic E-state index is 12.4. The molecule has 1 saturated carbocycles. The van der Waals surface area contributed by atoms with E-state index in [-0.39, 0.29) is 17.9 Å². The lowest BCUT2D eigenvalue weighted by Gasteiger charge is -2.13. The lowest BCUT2D eigenvalue weighted by atomic mass is 10.1. The summed E-state index contributed by atoms with van der Waals surface area (Å²) in [6.45, 7) is 0. The molecule has 0 spiro atoms. The number of carboxylic acids is 1. The van der Waals surface area contributed by atoms with Gasteiger partial charge in [-0.15, -0.1) is 0 Å². The minimum Gasteiger partial charge on any atom is -0.481 e. The van der Waals surface area contributed by atoms with Gasteiger partial charge in [-0.05, 0) is 49.6 Å². The predicted molar refractivity (Wildman–Crippen MR) is 89.2 cm³/mol. The van der Waals surface area contributed by atoms with Crippen molar-refractivity contribution in [3.63, 3.8) is 0 Å². The highest BCUT2D eigenvalue weighted by atomic mass is 16.5. The van der Waals surface area contributed by atoms with Crippen LogP contribution in [0.15, 0.2) is 54.6 Å². The largest absolute Gasteiger partial charge is 0.481 e. The van der Waals surface area contributed by atoms with Crippen LogP contribution in [0.25, 0.3) is 0 Å². The van der Waals surface area contributed by atoms with Gasteiger partial charge in [-0.25, -0.2) is 0 Å². The molecule has 1 aliphatic carbocycles. The van der Waals surface area contributed by atoms with Crippen molar-refractivity contribution in [1.29, 1.82) is 0 Å². The smallest absolute Gasteiger partial charge is 0.306 e. The second-order valence-corrected chi connectivity index (χ2v) is 5.96. The fraction of sp³-hybridized carbons (Fsp3) is 0.263. The van der Waals surface area contributed by atoms with Crippen molar-refractivity contribution in [1.82, 2.24) is 5.32 Å². The van der Waals surface area contributed by atoms with Crippen LogP contribution in [-0.2, 0) is 4.79 Å². The summed E-state index contributed by atoms with van der Waals surface area (Å²) in [5.74, 6) is -0.0589. The Hall–Kier alpha value is -2.82. The highest BCUT2D eigenvalue weighted by Crippen LogP contribution is 2.26. The zero-order valence-electron chi connectivity index (χ0n) is 13.1. The van der Waals surface area contributed by atoms with Gasteiger partial charge in [0.15, 0.2) is 0 Å². The van der Waals surface area contributed by atoms with Crippen molar-refractivity contribution in [2.45, 2.75) is 25.3 Å². The lowest BCUT2D eigenvalue weighted by molar-refractivity contribution is -0.141. The van der Waals surface area contributed by atoms with Crippen LogP contribution in [0, 0.1) is 5.92 Å². The van der Waals surface area contributed by atoms with Gasteiger partial charge in [0.05, 0.1) is 5.92 Å². The Kier molecular flexibility index (Phi) is 4.79. The van der Waals surface area contributed by atoms with E-state index < -0.39 is 5.97 Å². The second-order valence-electron chi connectivity index (χ2n) is 5.96. The number of carbonyl (C=O) groups excluding carboxylic acids is 1. The molecule has 2 atom stereocenters. The molecule has 1 aliphatic rings. The Balaban J connectivity index is 1.63. The van der Waals surface area contributed by atoms with Crippen LogP contribution in [0.1, 0.15) is 29.6 Å². The molecule has 2 N–H and O–H groups in total. The fourth-order valence-corrected chi connectivity index (χ4v) is 2.93. The molecule has 0 radical (unpaired) electrons. The summed E-state index contributed by atoms with van der Waals surface area (Å²) in [7, 11) is 0. The van der Waals surface area contributed by atoms with E-state index in [4.69, 9.17) is 9.84 Å². The molecule has 24 heavy (non-hydrogen) atoms. The monoisotopic (exact) mass is 325 g/mol. The van der Waals surface area contributed by atoms with E-state index in [2.05, 4.69) is 5.32 Å². The summed E-state index contributed by atoms with van der Waals surface area (Å²) in [6, 6.07) is 16.2. The summed E-state index contributed by atoms with van der Waals surface area (Å²) in [6.07, 6.45) is 1.79. The Morgan fingerprint density at radius 2 is 1.75 bits per heavy atom. The molecule has 5 heteroatoms. The molecule has 124 valence electrons. The first-order valence-corrected chi connectivity index (χ1v) is 7.98. The van der Waals surface area contributed by atoms with Gasteiger partial charge in [-0.2, -0.15) is 0 Å². The van der Waals surface area contributed by atoms with E-state index in [0.717, 1.165) is 0 Å². The number of aliphatic carboxylic acids is 1. The zero-order chi connectivity index (χ0) is 16.9. The Morgan fingerprint density at radius 1 is 1.00 bits per heavy atom. The molecule has 1 amide bonds. The topological polar surface area (TPSA) is 75.6 Å². The molecule has 0 unspecified atom stereocenters. The van der Waals surface area contributed by atoms with Crippen molar-refractivity contribution in [2.24, 2.45) is 5.92 Å². The number of para-hydroxylation sites is 1. The van der Waals surface area contributed by atoms with Gasteiger partial charge in [-0.3, -0.25) is 9.59 Å². The highest BCUT2D eigenvalue weighted by molar-refractivity contribution is 5.94. The first kappa shape index (κ1) is 16.1. The minimum atomic E-state index is -0.787. The Bertz CT molecular complexity index is 729. The van der Waals surface area contributed by atoms with Gasteiger partial charge >= 0.3 is 5.97 Å². The fourth-order valence-electron chi connectivity index (χ4n) is 2.93. The summed E-state index contributed by atoms with van der Waals surface area (Å²) >= 11 is 0. The average Bonchev–Trinajstić information content (AvgIpc) is 3.05. The number of hydrogen-bond acceptors (Lipinski definition) is 3. The van der Waals surface area contributed by atoms with E-state index in [9.17, 15) is 9.59 Å². The number of carboxylic acid groups (broad SMARTS) is 1. The molecular weight excluding hydrogens is 306 g/mol. The molecule has 0 aliphatic heterocycles. The maximum Gasteiger partial charge on any atom is 0.306 e. The third-order valence-electron chi connectivity index (χ3n) is 4.19. The number of amides is 1. The summed E-state index contributed by atoms with van der Waals surface area (Å²) < 4.78 is 5.73. The molecule has 0 saturated heterocycles. The van der Waals surface area contributed by atoms with E-state index in [1.54, 1.807) is 24.3 Å². The number of rotatable bonds is 5. The molecule has 3 rings (SSSR count). The van der Waals surface area contributed by atoms with Crippen LogP contribution < -0.4 is 10.1 Å². The standard InChI is InChI=1S/C19H19NO4/c21-18(20-15-10-9-14(11-15)19(22)23)13-5-4-8-17(12-13)24-16-6-2-1-3-7-16/h1-8,12,14-15H,9-11H2,(H,20,21)(H,22,23)/t14-,15+/m0/s1. The summed E-state index contributed by atoms with van der Waals surface area (Å²) in [4.78, 5) is 23.4. The van der Waals surface area contributed by atoms with Crippen molar-refractivity contribution in [3.05, 3.63) is 60.2 Å². The molecule has 0 bridgehead atoms. The number of benzene rings is 2. The van der Waals surface area contributed by atoms with Crippen LogP contribution in [0.3, 0.4) is 0 Å². The third-order valence-corrected chi connectivity index (χ3v) is 4.19. The molecule has 2 aromatic carbocycles. The van der Waals surface area contributed by atoms with E-state index in [1.165, 1.54) is 0 Å². The van der Waals surface area contributed by atoms with E-state index in [0.29, 0.717) is 36.3 Å². The van der Waals surface area contributed by atoms with Crippen molar-refractivity contribution < 1.29 is 19.4 Å². The Labute approximate surface area is 140 Å². The van der Waals surface area contributed by atoms with Gasteiger partial charge in [-0.1, -0.05) is 24.3 Å². The molecule has 0 aromatic heterocycles. The van der Waals surface area contributed by atoms with Crippen molar-refractivity contribution >= 4 is 11.9 Å².